The molecular weight excluding hydrogens is 192 g/mol. The van der Waals surface area contributed by atoms with Crippen molar-refractivity contribution in [2.75, 3.05) is 0 Å². The lowest BCUT2D eigenvalue weighted by Gasteiger charge is -1.92. The monoisotopic (exact) mass is 198 g/mol. The molecule has 0 bridgehead atoms. The summed E-state index contributed by atoms with van der Waals surface area (Å²) < 4.78 is 0. The molecule has 0 atom stereocenters. The fourth-order valence-electron chi connectivity index (χ4n) is 1.73. The van der Waals surface area contributed by atoms with Crippen molar-refractivity contribution in [1.82, 2.24) is 0 Å². The first-order chi connectivity index (χ1) is 7.25. The molecule has 0 radical (unpaired) electrons. The van der Waals surface area contributed by atoms with Crippen molar-refractivity contribution in [2.45, 2.75) is 0 Å². The van der Waals surface area contributed by atoms with E-state index in [0.717, 1.165) is 21.8 Å². The maximum Gasteiger partial charge on any atom is 0.335 e. The minimum absolute atomic E-state index is 0.276. The number of allylic oxidation sites excluding steroid dienone is 1. The van der Waals surface area contributed by atoms with Gasteiger partial charge >= 0.3 is 5.97 Å². The number of hydrogen-bond donors (Lipinski definition) is 1. The second-order valence-corrected chi connectivity index (χ2v) is 3.36. The van der Waals surface area contributed by atoms with Gasteiger partial charge in [-0.1, -0.05) is 0 Å². The van der Waals surface area contributed by atoms with Crippen molar-refractivity contribution < 1.29 is 9.90 Å². The molecule has 1 aromatic rings. The SMILES string of the molecule is O=C(O)c1ccc2c(c1)=C1C=NC=C1N=2. The van der Waals surface area contributed by atoms with Crippen LogP contribution < -0.4 is 10.6 Å². The third-order valence-electron chi connectivity index (χ3n) is 2.45. The van der Waals surface area contributed by atoms with Gasteiger partial charge in [-0.2, -0.15) is 0 Å². The number of fused-ring (bicyclic) bond motifs is 2. The molecule has 0 fully saturated rings. The lowest BCUT2D eigenvalue weighted by Crippen LogP contribution is -2.24. The van der Waals surface area contributed by atoms with Crippen LogP contribution in [0.1, 0.15) is 10.4 Å². The smallest absolute Gasteiger partial charge is 0.335 e. The van der Waals surface area contributed by atoms with Crippen LogP contribution >= 0.6 is 0 Å². The average Bonchev–Trinajstić information content (AvgIpc) is 2.75. The molecule has 0 amide bonds. The highest BCUT2D eigenvalue weighted by Gasteiger charge is 2.15. The van der Waals surface area contributed by atoms with Crippen molar-refractivity contribution in [3.8, 4) is 0 Å². The molecule has 2 aliphatic heterocycles. The first kappa shape index (κ1) is 8.11. The molecule has 0 saturated carbocycles. The Morgan fingerprint density at radius 1 is 1.33 bits per heavy atom. The molecule has 4 heteroatoms. The molecule has 1 N–H and O–H groups in total. The third kappa shape index (κ3) is 1.05. The topological polar surface area (TPSA) is 62.0 Å². The summed E-state index contributed by atoms with van der Waals surface area (Å²) in [6, 6.07) is 4.91. The number of nitrogens with zero attached hydrogens (tertiary/aromatic N) is 2. The van der Waals surface area contributed by atoms with Crippen LogP contribution in [-0.4, -0.2) is 17.3 Å². The zero-order chi connectivity index (χ0) is 10.4. The van der Waals surface area contributed by atoms with E-state index < -0.39 is 5.97 Å². The largest absolute Gasteiger partial charge is 0.478 e. The average molecular weight is 198 g/mol. The molecule has 0 spiro atoms. The Kier molecular flexibility index (Phi) is 1.42. The molecular formula is C11H6N2O2. The summed E-state index contributed by atoms with van der Waals surface area (Å²) in [6.07, 6.45) is 3.38. The Labute approximate surface area is 84.6 Å². The van der Waals surface area contributed by atoms with Crippen LogP contribution in [0.25, 0.3) is 5.57 Å². The highest BCUT2D eigenvalue weighted by Crippen LogP contribution is 2.16. The van der Waals surface area contributed by atoms with Gasteiger partial charge in [-0.05, 0) is 18.2 Å². The van der Waals surface area contributed by atoms with Crippen molar-refractivity contribution in [1.29, 1.82) is 0 Å². The van der Waals surface area contributed by atoms with E-state index in [1.54, 1.807) is 30.6 Å². The van der Waals surface area contributed by atoms with Crippen LogP contribution in [0, 0.1) is 0 Å². The summed E-state index contributed by atoms with van der Waals surface area (Å²) in [5, 5.41) is 10.5. The second kappa shape index (κ2) is 2.63. The predicted octanol–water partition coefficient (Wildman–Crippen LogP) is 0.0945. The molecule has 0 saturated heterocycles. The van der Waals surface area contributed by atoms with Gasteiger partial charge in [0.2, 0.25) is 0 Å². The van der Waals surface area contributed by atoms with Gasteiger partial charge in [0.25, 0.3) is 0 Å². The van der Waals surface area contributed by atoms with Crippen LogP contribution in [0.5, 0.6) is 0 Å². The van der Waals surface area contributed by atoms with Crippen molar-refractivity contribution in [3.05, 3.63) is 46.2 Å². The standard InChI is InChI=1S/C11H6N2O2/c14-11(15)6-1-2-9-7(3-6)8-4-12-5-10(8)13-9/h1-5H,(H,14,15). The van der Waals surface area contributed by atoms with Gasteiger partial charge in [-0.3, -0.25) is 4.99 Å². The van der Waals surface area contributed by atoms with Gasteiger partial charge in [0.1, 0.15) is 0 Å². The predicted molar refractivity (Wildman–Crippen MR) is 54.2 cm³/mol. The number of carboxylic acids is 1. The number of hydrogen-bond acceptors (Lipinski definition) is 3. The van der Waals surface area contributed by atoms with Gasteiger partial charge in [0, 0.05) is 17.0 Å². The van der Waals surface area contributed by atoms with E-state index in [4.69, 9.17) is 5.11 Å². The van der Waals surface area contributed by atoms with Gasteiger partial charge in [-0.15, -0.1) is 0 Å². The van der Waals surface area contributed by atoms with E-state index in [1.807, 2.05) is 0 Å². The Morgan fingerprint density at radius 2 is 2.20 bits per heavy atom. The van der Waals surface area contributed by atoms with Crippen molar-refractivity contribution in [3.63, 3.8) is 0 Å². The summed E-state index contributed by atoms with van der Waals surface area (Å²) in [5.74, 6) is -0.925. The summed E-state index contributed by atoms with van der Waals surface area (Å²) in [6.45, 7) is 0. The molecule has 0 aromatic heterocycles. The molecule has 72 valence electrons. The molecule has 3 rings (SSSR count). The van der Waals surface area contributed by atoms with Crippen molar-refractivity contribution in [2.24, 2.45) is 9.98 Å². The summed E-state index contributed by atoms with van der Waals surface area (Å²) in [7, 11) is 0. The number of carboxylic acid groups (broad SMARTS) is 1. The van der Waals surface area contributed by atoms with E-state index in [1.165, 1.54) is 0 Å². The van der Waals surface area contributed by atoms with E-state index in [-0.39, 0.29) is 5.56 Å². The fraction of sp³-hybridized carbons (Fsp3) is 0. The van der Waals surface area contributed by atoms with Crippen molar-refractivity contribution >= 4 is 17.8 Å². The molecule has 15 heavy (non-hydrogen) atoms. The zero-order valence-corrected chi connectivity index (χ0v) is 7.64. The maximum atomic E-state index is 10.8. The molecule has 1 aromatic carbocycles. The van der Waals surface area contributed by atoms with Crippen LogP contribution in [0.15, 0.2) is 40.1 Å². The number of aliphatic imine (C=N–C) groups is 1. The van der Waals surface area contributed by atoms with Crippen LogP contribution in [0.4, 0.5) is 0 Å². The van der Waals surface area contributed by atoms with Gasteiger partial charge in [0.15, 0.2) is 0 Å². The number of rotatable bonds is 1. The first-order valence-corrected chi connectivity index (χ1v) is 4.46. The quantitative estimate of drug-likeness (QED) is 0.695. The van der Waals surface area contributed by atoms with E-state index in [2.05, 4.69) is 9.98 Å². The molecule has 0 unspecified atom stereocenters. The van der Waals surface area contributed by atoms with E-state index in [9.17, 15) is 4.79 Å². The Morgan fingerprint density at radius 3 is 3.00 bits per heavy atom. The Hall–Kier alpha value is -2.23. The lowest BCUT2D eigenvalue weighted by atomic mass is 10.1. The molecule has 0 aliphatic carbocycles. The van der Waals surface area contributed by atoms with Gasteiger partial charge in [0.05, 0.1) is 22.8 Å². The minimum atomic E-state index is -0.925. The summed E-state index contributed by atoms with van der Waals surface area (Å²) in [5.41, 5.74) is 2.00. The van der Waals surface area contributed by atoms with Crippen LogP contribution in [0.2, 0.25) is 0 Å². The van der Waals surface area contributed by atoms with Gasteiger partial charge < -0.3 is 5.11 Å². The van der Waals surface area contributed by atoms with Gasteiger partial charge in [-0.25, -0.2) is 9.79 Å². The number of benzene rings is 1. The number of aromatic carboxylic acids is 1. The van der Waals surface area contributed by atoms with E-state index in [0.29, 0.717) is 0 Å². The molecule has 4 nitrogen and oxygen atoms in total. The number of carbonyl (C=O) groups is 1. The van der Waals surface area contributed by atoms with E-state index >= 15 is 0 Å². The lowest BCUT2D eigenvalue weighted by molar-refractivity contribution is 0.0697. The Balaban J connectivity index is 2.40. The second-order valence-electron chi connectivity index (χ2n) is 3.36. The fourth-order valence-corrected chi connectivity index (χ4v) is 1.73. The van der Waals surface area contributed by atoms with Crippen LogP contribution in [0.3, 0.4) is 0 Å². The van der Waals surface area contributed by atoms with Crippen LogP contribution in [-0.2, 0) is 0 Å². The summed E-state index contributed by atoms with van der Waals surface area (Å²) >= 11 is 0. The highest BCUT2D eigenvalue weighted by molar-refractivity contribution is 6.12. The Bertz CT molecular complexity index is 654. The zero-order valence-electron chi connectivity index (χ0n) is 7.64. The highest BCUT2D eigenvalue weighted by atomic mass is 16.4. The molecule has 2 aliphatic rings. The normalized spacial score (nSPS) is 15.7. The maximum absolute atomic E-state index is 10.8. The minimum Gasteiger partial charge on any atom is -0.478 e. The summed E-state index contributed by atoms with van der Waals surface area (Å²) in [4.78, 5) is 19.1. The third-order valence-corrected chi connectivity index (χ3v) is 2.45. The molecule has 2 heterocycles. The first-order valence-electron chi connectivity index (χ1n) is 4.46.